The first-order valence-electron chi connectivity index (χ1n) is 12.1. The number of alkyl halides is 2. The van der Waals surface area contributed by atoms with Crippen molar-refractivity contribution in [2.75, 3.05) is 51.0 Å². The summed E-state index contributed by atoms with van der Waals surface area (Å²) >= 11 is 7.32. The van der Waals surface area contributed by atoms with Gasteiger partial charge in [0.25, 0.3) is 6.43 Å². The molecule has 11 nitrogen and oxygen atoms in total. The standard InChI is InChI=1S/C22H26ClF2N7O4S2/c1-12-6-30(7-13-9-35-4-3-31(12)13)15-5-14(38(33,34)29-22(2)10-36-11-22)8-32-16(15)17(23)26-19(32)21-28-27-20(37-21)18(24)25/h5,8,12-13,18,29H,3-4,6-7,9-11H2,1-2H3/t12-,13+/m0/s1. The van der Waals surface area contributed by atoms with Gasteiger partial charge >= 0.3 is 0 Å². The lowest BCUT2D eigenvalue weighted by molar-refractivity contribution is -0.0523. The Kier molecular flexibility index (Phi) is 6.61. The van der Waals surface area contributed by atoms with Crippen LogP contribution in [0.5, 0.6) is 0 Å². The van der Waals surface area contributed by atoms with Crippen LogP contribution in [0.15, 0.2) is 17.2 Å². The van der Waals surface area contributed by atoms with E-state index in [0.29, 0.717) is 48.8 Å². The molecule has 206 valence electrons. The summed E-state index contributed by atoms with van der Waals surface area (Å²) in [5.74, 6) is 0.138. The third-order valence-corrected chi connectivity index (χ3v) is 9.89. The van der Waals surface area contributed by atoms with E-state index in [1.54, 1.807) is 13.0 Å². The second kappa shape index (κ2) is 9.57. The third-order valence-electron chi connectivity index (χ3n) is 7.09. The minimum atomic E-state index is -4.00. The number of halogens is 3. The van der Waals surface area contributed by atoms with Gasteiger partial charge < -0.3 is 14.4 Å². The molecule has 2 atom stereocenters. The zero-order valence-corrected chi connectivity index (χ0v) is 23.0. The van der Waals surface area contributed by atoms with Gasteiger partial charge in [0.2, 0.25) is 10.0 Å². The van der Waals surface area contributed by atoms with Crippen molar-refractivity contribution in [3.8, 4) is 10.8 Å². The van der Waals surface area contributed by atoms with Gasteiger partial charge in [-0.15, -0.1) is 10.2 Å². The van der Waals surface area contributed by atoms with Crippen LogP contribution in [0.2, 0.25) is 5.15 Å². The number of pyridine rings is 1. The predicted octanol–water partition coefficient (Wildman–Crippen LogP) is 2.42. The minimum Gasteiger partial charge on any atom is -0.378 e. The molecule has 0 aromatic carbocycles. The number of sulfonamides is 1. The number of fused-ring (bicyclic) bond motifs is 2. The number of anilines is 1. The van der Waals surface area contributed by atoms with Crippen LogP contribution in [-0.4, -0.2) is 96.6 Å². The molecule has 3 aliphatic heterocycles. The monoisotopic (exact) mass is 589 g/mol. The average Bonchev–Trinajstić information content (AvgIpc) is 3.47. The second-order valence-corrected chi connectivity index (χ2v) is 13.2. The zero-order chi connectivity index (χ0) is 26.8. The minimum absolute atomic E-state index is 0.0167. The van der Waals surface area contributed by atoms with Gasteiger partial charge in [-0.05, 0) is 19.9 Å². The number of ether oxygens (including phenoxy) is 2. The van der Waals surface area contributed by atoms with Gasteiger partial charge in [-0.1, -0.05) is 22.9 Å². The summed E-state index contributed by atoms with van der Waals surface area (Å²) < 4.78 is 68.8. The van der Waals surface area contributed by atoms with Gasteiger partial charge in [0.05, 0.1) is 43.7 Å². The van der Waals surface area contributed by atoms with Gasteiger partial charge in [-0.3, -0.25) is 9.30 Å². The number of piperazine rings is 1. The summed E-state index contributed by atoms with van der Waals surface area (Å²) in [4.78, 5) is 8.88. The topological polar surface area (TPSA) is 114 Å². The second-order valence-electron chi connectivity index (χ2n) is 10.1. The van der Waals surface area contributed by atoms with Crippen molar-refractivity contribution in [2.45, 2.75) is 42.8 Å². The molecule has 3 saturated heterocycles. The number of nitrogens with one attached hydrogen (secondary N) is 1. The summed E-state index contributed by atoms with van der Waals surface area (Å²) in [5.41, 5.74) is 0.307. The largest absolute Gasteiger partial charge is 0.378 e. The molecule has 6 heterocycles. The third kappa shape index (κ3) is 4.57. The van der Waals surface area contributed by atoms with E-state index in [1.807, 2.05) is 0 Å². The average molecular weight is 590 g/mol. The SMILES string of the molecule is C[C@H]1CN(c2cc(S(=O)(=O)NC3(C)COC3)cn3c(-c4nnc(C(F)F)s4)nc(Cl)c23)C[C@@H]2COCCN21. The number of hydrogen-bond acceptors (Lipinski definition) is 10. The van der Waals surface area contributed by atoms with E-state index < -0.39 is 27.0 Å². The Morgan fingerprint density at radius 2 is 2.05 bits per heavy atom. The lowest BCUT2D eigenvalue weighted by atomic mass is 10.0. The molecule has 3 aromatic heterocycles. The van der Waals surface area contributed by atoms with Crippen molar-refractivity contribution in [2.24, 2.45) is 0 Å². The van der Waals surface area contributed by atoms with Crippen LogP contribution in [-0.2, 0) is 19.5 Å². The van der Waals surface area contributed by atoms with Crippen LogP contribution in [0.3, 0.4) is 0 Å². The van der Waals surface area contributed by atoms with E-state index in [9.17, 15) is 17.2 Å². The summed E-state index contributed by atoms with van der Waals surface area (Å²) in [6.45, 7) is 7.68. The normalized spacial score (nSPS) is 24.1. The van der Waals surface area contributed by atoms with Crippen LogP contribution in [0, 0.1) is 0 Å². The fraction of sp³-hybridized carbons (Fsp3) is 0.591. The van der Waals surface area contributed by atoms with Crippen molar-refractivity contribution < 1.29 is 26.7 Å². The maximum atomic E-state index is 13.6. The first kappa shape index (κ1) is 26.2. The summed E-state index contributed by atoms with van der Waals surface area (Å²) in [5, 5.41) is 7.20. The van der Waals surface area contributed by atoms with Gasteiger partial charge in [0, 0.05) is 31.9 Å². The molecule has 3 aromatic rings. The number of nitrogens with zero attached hydrogens (tertiary/aromatic N) is 6. The number of rotatable bonds is 6. The Morgan fingerprint density at radius 3 is 2.74 bits per heavy atom. The fourth-order valence-electron chi connectivity index (χ4n) is 5.28. The highest BCUT2D eigenvalue weighted by Crippen LogP contribution is 2.38. The van der Waals surface area contributed by atoms with Crippen molar-refractivity contribution in [3.05, 3.63) is 22.4 Å². The molecule has 6 rings (SSSR count). The Bertz CT molecular complexity index is 1480. The lowest BCUT2D eigenvalue weighted by Crippen LogP contribution is -2.62. The van der Waals surface area contributed by atoms with Crippen LogP contribution in [0.1, 0.15) is 25.3 Å². The molecule has 0 aliphatic carbocycles. The number of hydrogen-bond donors (Lipinski definition) is 1. The molecule has 0 saturated carbocycles. The van der Waals surface area contributed by atoms with Gasteiger partial charge in [-0.25, -0.2) is 26.9 Å². The van der Waals surface area contributed by atoms with Crippen LogP contribution in [0.25, 0.3) is 16.3 Å². The van der Waals surface area contributed by atoms with Crippen molar-refractivity contribution in [1.29, 1.82) is 0 Å². The van der Waals surface area contributed by atoms with E-state index in [2.05, 4.69) is 36.6 Å². The van der Waals surface area contributed by atoms with E-state index >= 15 is 0 Å². The number of aromatic nitrogens is 4. The molecule has 38 heavy (non-hydrogen) atoms. The first-order chi connectivity index (χ1) is 18.0. The maximum Gasteiger partial charge on any atom is 0.291 e. The van der Waals surface area contributed by atoms with Crippen LogP contribution < -0.4 is 9.62 Å². The van der Waals surface area contributed by atoms with Crippen molar-refractivity contribution in [3.63, 3.8) is 0 Å². The Morgan fingerprint density at radius 1 is 1.26 bits per heavy atom. The molecule has 0 bridgehead atoms. The fourth-order valence-corrected chi connectivity index (χ4v) is 7.63. The highest BCUT2D eigenvalue weighted by Gasteiger charge is 2.39. The number of imidazole rings is 1. The molecular weight excluding hydrogens is 564 g/mol. The molecule has 0 unspecified atom stereocenters. The van der Waals surface area contributed by atoms with E-state index in [1.165, 1.54) is 10.6 Å². The Labute approximate surface area is 226 Å². The predicted molar refractivity (Wildman–Crippen MR) is 137 cm³/mol. The summed E-state index contributed by atoms with van der Waals surface area (Å²) in [7, 11) is -4.00. The van der Waals surface area contributed by atoms with Gasteiger partial charge in [0.1, 0.15) is 10.4 Å². The lowest BCUT2D eigenvalue weighted by Gasteiger charge is -2.48. The highest BCUT2D eigenvalue weighted by atomic mass is 35.5. The highest BCUT2D eigenvalue weighted by molar-refractivity contribution is 7.89. The Balaban J connectivity index is 1.50. The van der Waals surface area contributed by atoms with Gasteiger partial charge in [-0.2, -0.15) is 0 Å². The van der Waals surface area contributed by atoms with Crippen molar-refractivity contribution in [1.82, 2.24) is 29.2 Å². The molecule has 0 spiro atoms. The molecule has 0 amide bonds. The zero-order valence-electron chi connectivity index (χ0n) is 20.6. The van der Waals surface area contributed by atoms with Gasteiger partial charge in [0.15, 0.2) is 21.0 Å². The van der Waals surface area contributed by atoms with Crippen molar-refractivity contribution >= 4 is 44.2 Å². The summed E-state index contributed by atoms with van der Waals surface area (Å²) in [6, 6.07) is 1.89. The molecule has 1 N–H and O–H groups in total. The molecule has 3 aliphatic rings. The first-order valence-corrected chi connectivity index (χ1v) is 14.8. The molecule has 0 radical (unpaired) electrons. The molecule has 3 fully saturated rings. The molecule has 16 heteroatoms. The van der Waals surface area contributed by atoms with E-state index in [4.69, 9.17) is 21.1 Å². The molecular formula is C22H26ClF2N7O4S2. The van der Waals surface area contributed by atoms with E-state index in [-0.39, 0.29) is 46.2 Å². The summed E-state index contributed by atoms with van der Waals surface area (Å²) in [6.07, 6.45) is -1.40. The quantitative estimate of drug-likeness (QED) is 0.463. The maximum absolute atomic E-state index is 13.6. The van der Waals surface area contributed by atoms with E-state index in [0.717, 1.165) is 6.54 Å². The van der Waals surface area contributed by atoms with Crippen LogP contribution in [0.4, 0.5) is 14.5 Å². The smallest absolute Gasteiger partial charge is 0.291 e. The Hall–Kier alpha value is -2.01. The number of morpholine rings is 1. The van der Waals surface area contributed by atoms with Crippen LogP contribution >= 0.6 is 22.9 Å².